The molecule has 0 aliphatic rings. The van der Waals surface area contributed by atoms with Crippen LogP contribution in [0.5, 0.6) is 0 Å². The summed E-state index contributed by atoms with van der Waals surface area (Å²) < 4.78 is 3.87. The molecule has 2 aromatic heterocycles. The van der Waals surface area contributed by atoms with Crippen molar-refractivity contribution in [3.63, 3.8) is 0 Å². The highest BCUT2D eigenvalue weighted by Crippen LogP contribution is 2.07. The summed E-state index contributed by atoms with van der Waals surface area (Å²) in [6.07, 6.45) is 5.55. The maximum Gasteiger partial charge on any atom is 0.151 e. The van der Waals surface area contributed by atoms with Gasteiger partial charge >= 0.3 is 0 Å². The maximum atomic E-state index is 10.6. The molecule has 16 heavy (non-hydrogen) atoms. The zero-order valence-corrected chi connectivity index (χ0v) is 9.55. The molecule has 2 heterocycles. The third kappa shape index (κ3) is 2.05. The Bertz CT molecular complexity index is 496. The molecule has 0 spiro atoms. The predicted molar refractivity (Wildman–Crippen MR) is 61.5 cm³/mol. The SMILES string of the molecule is CCc1cc(Cn2ccc(C=O)c2)n(C)n1. The summed E-state index contributed by atoms with van der Waals surface area (Å²) in [5.41, 5.74) is 2.95. The van der Waals surface area contributed by atoms with E-state index in [9.17, 15) is 4.79 Å². The molecule has 0 aliphatic carbocycles. The van der Waals surface area contributed by atoms with Crippen molar-refractivity contribution in [2.45, 2.75) is 19.9 Å². The van der Waals surface area contributed by atoms with Gasteiger partial charge in [-0.2, -0.15) is 5.10 Å². The third-order valence-electron chi connectivity index (χ3n) is 2.64. The normalized spacial score (nSPS) is 10.6. The van der Waals surface area contributed by atoms with Gasteiger partial charge in [0.15, 0.2) is 6.29 Å². The molecule has 0 atom stereocenters. The maximum absolute atomic E-state index is 10.6. The fraction of sp³-hybridized carbons (Fsp3) is 0.333. The van der Waals surface area contributed by atoms with Crippen LogP contribution in [-0.2, 0) is 20.0 Å². The summed E-state index contributed by atoms with van der Waals surface area (Å²) in [4.78, 5) is 10.6. The van der Waals surface area contributed by atoms with Crippen LogP contribution < -0.4 is 0 Å². The smallest absolute Gasteiger partial charge is 0.151 e. The van der Waals surface area contributed by atoms with Gasteiger partial charge in [-0.15, -0.1) is 0 Å². The Labute approximate surface area is 94.5 Å². The zero-order chi connectivity index (χ0) is 11.5. The lowest BCUT2D eigenvalue weighted by atomic mass is 10.3. The van der Waals surface area contributed by atoms with Gasteiger partial charge in [-0.25, -0.2) is 0 Å². The lowest BCUT2D eigenvalue weighted by Gasteiger charge is -2.02. The first kappa shape index (κ1) is 10.7. The number of carbonyl (C=O) groups excluding carboxylic acids is 1. The highest BCUT2D eigenvalue weighted by atomic mass is 16.1. The quantitative estimate of drug-likeness (QED) is 0.730. The first-order valence-corrected chi connectivity index (χ1v) is 5.35. The minimum Gasteiger partial charge on any atom is -0.348 e. The van der Waals surface area contributed by atoms with Gasteiger partial charge in [-0.1, -0.05) is 6.92 Å². The van der Waals surface area contributed by atoms with E-state index in [1.54, 1.807) is 0 Å². The lowest BCUT2D eigenvalue weighted by Crippen LogP contribution is -2.03. The van der Waals surface area contributed by atoms with Gasteiger partial charge < -0.3 is 4.57 Å². The van der Waals surface area contributed by atoms with Crippen molar-refractivity contribution < 1.29 is 4.79 Å². The molecule has 0 radical (unpaired) electrons. The summed E-state index contributed by atoms with van der Waals surface area (Å²) in [5, 5.41) is 4.39. The topological polar surface area (TPSA) is 39.8 Å². The molecule has 0 unspecified atom stereocenters. The highest BCUT2D eigenvalue weighted by Gasteiger charge is 2.04. The molecule has 2 aromatic rings. The third-order valence-corrected chi connectivity index (χ3v) is 2.64. The lowest BCUT2D eigenvalue weighted by molar-refractivity contribution is 0.112. The van der Waals surface area contributed by atoms with Crippen molar-refractivity contribution in [3.8, 4) is 0 Å². The number of hydrogen-bond donors (Lipinski definition) is 0. The Morgan fingerprint density at radius 2 is 2.31 bits per heavy atom. The van der Waals surface area contributed by atoms with Crippen LogP contribution in [0.2, 0.25) is 0 Å². The van der Waals surface area contributed by atoms with Crippen LogP contribution in [0.15, 0.2) is 24.5 Å². The fourth-order valence-electron chi connectivity index (χ4n) is 1.71. The molecular weight excluding hydrogens is 202 g/mol. The molecule has 0 saturated carbocycles. The average molecular weight is 217 g/mol. The van der Waals surface area contributed by atoms with Gasteiger partial charge in [0.05, 0.1) is 17.9 Å². The van der Waals surface area contributed by atoms with Crippen molar-refractivity contribution >= 4 is 6.29 Å². The van der Waals surface area contributed by atoms with E-state index in [2.05, 4.69) is 18.1 Å². The number of rotatable bonds is 4. The monoisotopic (exact) mass is 217 g/mol. The minimum absolute atomic E-state index is 0.706. The van der Waals surface area contributed by atoms with E-state index in [4.69, 9.17) is 0 Å². The van der Waals surface area contributed by atoms with Gasteiger partial charge in [-0.3, -0.25) is 9.48 Å². The predicted octanol–water partition coefficient (Wildman–Crippen LogP) is 1.64. The second-order valence-electron chi connectivity index (χ2n) is 3.84. The number of hydrogen-bond acceptors (Lipinski definition) is 2. The van der Waals surface area contributed by atoms with Crippen molar-refractivity contribution in [1.29, 1.82) is 0 Å². The summed E-state index contributed by atoms with van der Waals surface area (Å²) in [7, 11) is 1.94. The van der Waals surface area contributed by atoms with Gasteiger partial charge in [-0.05, 0) is 18.6 Å². The van der Waals surface area contributed by atoms with Crippen LogP contribution in [-0.4, -0.2) is 20.6 Å². The van der Waals surface area contributed by atoms with E-state index in [1.807, 2.05) is 34.8 Å². The fourth-order valence-corrected chi connectivity index (χ4v) is 1.71. The van der Waals surface area contributed by atoms with Gasteiger partial charge in [0, 0.05) is 25.0 Å². The van der Waals surface area contributed by atoms with E-state index < -0.39 is 0 Å². The first-order chi connectivity index (χ1) is 7.72. The zero-order valence-electron chi connectivity index (χ0n) is 9.55. The summed E-state index contributed by atoms with van der Waals surface area (Å²) in [5.74, 6) is 0. The van der Waals surface area contributed by atoms with E-state index in [0.717, 1.165) is 30.6 Å². The highest BCUT2D eigenvalue weighted by molar-refractivity contribution is 5.74. The number of aldehydes is 1. The van der Waals surface area contributed by atoms with Crippen LogP contribution in [0, 0.1) is 0 Å². The van der Waals surface area contributed by atoms with E-state index in [-0.39, 0.29) is 0 Å². The Hall–Kier alpha value is -1.84. The Morgan fingerprint density at radius 1 is 1.50 bits per heavy atom. The average Bonchev–Trinajstić information content (AvgIpc) is 2.87. The molecule has 0 amide bonds. The van der Waals surface area contributed by atoms with Crippen LogP contribution in [0.25, 0.3) is 0 Å². The van der Waals surface area contributed by atoms with Crippen LogP contribution in [0.4, 0.5) is 0 Å². The molecule has 0 bridgehead atoms. The molecule has 0 saturated heterocycles. The van der Waals surface area contributed by atoms with Crippen molar-refractivity contribution in [2.24, 2.45) is 7.05 Å². The molecule has 0 aliphatic heterocycles. The van der Waals surface area contributed by atoms with Gasteiger partial charge in [0.2, 0.25) is 0 Å². The molecule has 4 nitrogen and oxygen atoms in total. The Kier molecular flexibility index (Phi) is 2.90. The number of aromatic nitrogens is 3. The van der Waals surface area contributed by atoms with Crippen molar-refractivity contribution in [3.05, 3.63) is 41.5 Å². The minimum atomic E-state index is 0.706. The summed E-state index contributed by atoms with van der Waals surface area (Å²) >= 11 is 0. The molecular formula is C12H15N3O. The number of aryl methyl sites for hydroxylation is 2. The second-order valence-corrected chi connectivity index (χ2v) is 3.84. The largest absolute Gasteiger partial charge is 0.348 e. The summed E-state index contributed by atoms with van der Waals surface area (Å²) in [6, 6.07) is 3.91. The Balaban J connectivity index is 2.19. The number of nitrogens with zero attached hydrogens (tertiary/aromatic N) is 3. The Morgan fingerprint density at radius 3 is 2.88 bits per heavy atom. The van der Waals surface area contributed by atoms with Crippen molar-refractivity contribution in [2.75, 3.05) is 0 Å². The van der Waals surface area contributed by atoms with E-state index >= 15 is 0 Å². The standard InChI is InChI=1S/C12H15N3O/c1-3-11-6-12(14(2)13-11)8-15-5-4-10(7-15)9-16/h4-7,9H,3,8H2,1-2H3. The summed E-state index contributed by atoms with van der Waals surface area (Å²) in [6.45, 7) is 2.84. The van der Waals surface area contributed by atoms with Crippen LogP contribution >= 0.6 is 0 Å². The van der Waals surface area contributed by atoms with Crippen molar-refractivity contribution in [1.82, 2.24) is 14.3 Å². The first-order valence-electron chi connectivity index (χ1n) is 5.35. The molecule has 4 heteroatoms. The van der Waals surface area contributed by atoms with E-state index in [0.29, 0.717) is 5.56 Å². The van der Waals surface area contributed by atoms with E-state index in [1.165, 1.54) is 0 Å². The van der Waals surface area contributed by atoms with Gasteiger partial charge in [0.25, 0.3) is 0 Å². The molecule has 0 N–H and O–H groups in total. The molecule has 0 aromatic carbocycles. The second kappa shape index (κ2) is 4.35. The molecule has 2 rings (SSSR count). The number of carbonyl (C=O) groups is 1. The molecule has 84 valence electrons. The van der Waals surface area contributed by atoms with Crippen LogP contribution in [0.3, 0.4) is 0 Å². The molecule has 0 fully saturated rings. The van der Waals surface area contributed by atoms with Crippen LogP contribution in [0.1, 0.15) is 28.7 Å². The van der Waals surface area contributed by atoms with Gasteiger partial charge in [0.1, 0.15) is 0 Å².